The van der Waals surface area contributed by atoms with E-state index >= 15 is 0 Å². The number of benzene rings is 2. The molecule has 0 bridgehead atoms. The lowest BCUT2D eigenvalue weighted by atomic mass is 9.78. The Kier molecular flexibility index (Phi) is 5.31. The Morgan fingerprint density at radius 3 is 2.33 bits per heavy atom. The molecule has 6 heteroatoms. The Morgan fingerprint density at radius 1 is 1.00 bits per heavy atom. The number of rotatable bonds is 5. The average molecular weight is 368 g/mol. The summed E-state index contributed by atoms with van der Waals surface area (Å²) in [5, 5.41) is 0. The third-order valence-electron chi connectivity index (χ3n) is 5.00. The number of carbonyl (C=O) groups is 1. The number of para-hydroxylation sites is 1. The molecule has 0 atom stereocenters. The van der Waals surface area contributed by atoms with Gasteiger partial charge in [-0.1, -0.05) is 24.3 Å². The highest BCUT2D eigenvalue weighted by Gasteiger charge is 2.52. The van der Waals surface area contributed by atoms with Gasteiger partial charge in [0.1, 0.15) is 11.5 Å². The zero-order valence-electron chi connectivity index (χ0n) is 16.4. The van der Waals surface area contributed by atoms with E-state index < -0.39 is 18.3 Å². The molecule has 5 nitrogen and oxygen atoms in total. The quantitative estimate of drug-likeness (QED) is 0.591. The molecule has 2 aromatic carbocycles. The van der Waals surface area contributed by atoms with Gasteiger partial charge in [0.15, 0.2) is 0 Å². The maximum absolute atomic E-state index is 12.0. The second-order valence-corrected chi connectivity index (χ2v) is 7.48. The fourth-order valence-electron chi connectivity index (χ4n) is 2.77. The highest BCUT2D eigenvalue weighted by molar-refractivity contribution is 6.63. The van der Waals surface area contributed by atoms with Gasteiger partial charge in [0, 0.05) is 5.46 Å². The average Bonchev–Trinajstić information content (AvgIpc) is 2.83. The van der Waals surface area contributed by atoms with Crippen molar-refractivity contribution in [2.24, 2.45) is 0 Å². The van der Waals surface area contributed by atoms with E-state index in [1.54, 1.807) is 31.2 Å². The van der Waals surface area contributed by atoms with Crippen LogP contribution in [0.4, 0.5) is 0 Å². The van der Waals surface area contributed by atoms with Gasteiger partial charge < -0.3 is 18.8 Å². The molecular weight excluding hydrogens is 343 g/mol. The zero-order valence-corrected chi connectivity index (χ0v) is 16.4. The molecule has 27 heavy (non-hydrogen) atoms. The first-order chi connectivity index (χ1) is 12.7. The Labute approximate surface area is 160 Å². The van der Waals surface area contributed by atoms with Gasteiger partial charge in [-0.3, -0.25) is 0 Å². The lowest BCUT2D eigenvalue weighted by Crippen LogP contribution is -2.41. The van der Waals surface area contributed by atoms with Gasteiger partial charge in [-0.25, -0.2) is 4.79 Å². The normalized spacial score (nSPS) is 17.6. The standard InChI is InChI=1S/C21H25BO5/c1-6-24-19(23)15-10-9-11-16(14-15)25-18-13-8-7-12-17(18)22-26-20(2,3)21(4,5)27-22/h7-14H,6H2,1-5H3. The number of hydrogen-bond acceptors (Lipinski definition) is 5. The lowest BCUT2D eigenvalue weighted by Gasteiger charge is -2.32. The summed E-state index contributed by atoms with van der Waals surface area (Å²) in [4.78, 5) is 12.0. The fourth-order valence-corrected chi connectivity index (χ4v) is 2.77. The van der Waals surface area contributed by atoms with Crippen LogP contribution in [0, 0.1) is 0 Å². The Balaban J connectivity index is 1.86. The van der Waals surface area contributed by atoms with Gasteiger partial charge >= 0.3 is 13.1 Å². The summed E-state index contributed by atoms with van der Waals surface area (Å²) in [6, 6.07) is 14.5. The van der Waals surface area contributed by atoms with Crippen LogP contribution in [-0.2, 0) is 14.0 Å². The van der Waals surface area contributed by atoms with Crippen molar-refractivity contribution in [3.05, 3.63) is 54.1 Å². The van der Waals surface area contributed by atoms with Gasteiger partial charge in [0.25, 0.3) is 0 Å². The highest BCUT2D eigenvalue weighted by Crippen LogP contribution is 2.37. The minimum absolute atomic E-state index is 0.328. The molecule has 2 aromatic rings. The maximum atomic E-state index is 12.0. The van der Waals surface area contributed by atoms with Crippen molar-refractivity contribution in [3.63, 3.8) is 0 Å². The predicted octanol–water partition coefficient (Wildman–Crippen LogP) is 3.95. The van der Waals surface area contributed by atoms with Crippen LogP contribution in [0.5, 0.6) is 11.5 Å². The molecular formula is C21H25BO5. The largest absolute Gasteiger partial charge is 0.498 e. The van der Waals surface area contributed by atoms with Crippen LogP contribution in [0.3, 0.4) is 0 Å². The maximum Gasteiger partial charge on any atom is 0.498 e. The second-order valence-electron chi connectivity index (χ2n) is 7.48. The second kappa shape index (κ2) is 7.37. The van der Waals surface area contributed by atoms with Gasteiger partial charge in [-0.15, -0.1) is 0 Å². The molecule has 0 unspecified atom stereocenters. The van der Waals surface area contributed by atoms with Gasteiger partial charge in [0.05, 0.1) is 23.4 Å². The molecule has 1 fully saturated rings. The van der Waals surface area contributed by atoms with Crippen molar-refractivity contribution in [2.45, 2.75) is 45.8 Å². The molecule has 0 aromatic heterocycles. The van der Waals surface area contributed by atoms with Crippen LogP contribution in [0.2, 0.25) is 0 Å². The van der Waals surface area contributed by atoms with E-state index in [9.17, 15) is 4.79 Å². The number of carbonyl (C=O) groups excluding carboxylic acids is 1. The van der Waals surface area contributed by atoms with E-state index in [4.69, 9.17) is 18.8 Å². The first-order valence-electron chi connectivity index (χ1n) is 9.13. The minimum atomic E-state index is -0.528. The molecule has 3 rings (SSSR count). The lowest BCUT2D eigenvalue weighted by molar-refractivity contribution is 0.00578. The van der Waals surface area contributed by atoms with Crippen LogP contribution in [0.25, 0.3) is 0 Å². The topological polar surface area (TPSA) is 54.0 Å². The minimum Gasteiger partial charge on any atom is -0.462 e. The molecule has 1 aliphatic rings. The Bertz CT molecular complexity index is 815. The summed E-state index contributed by atoms with van der Waals surface area (Å²) in [5.74, 6) is 0.795. The molecule has 1 aliphatic heterocycles. The van der Waals surface area contributed by atoms with Crippen molar-refractivity contribution in [3.8, 4) is 11.5 Å². The van der Waals surface area contributed by atoms with E-state index in [2.05, 4.69) is 0 Å². The Morgan fingerprint density at radius 2 is 1.67 bits per heavy atom. The van der Waals surface area contributed by atoms with Crippen molar-refractivity contribution in [1.29, 1.82) is 0 Å². The highest BCUT2D eigenvalue weighted by atomic mass is 16.7. The predicted molar refractivity (Wildman–Crippen MR) is 105 cm³/mol. The van der Waals surface area contributed by atoms with Crippen molar-refractivity contribution < 1.29 is 23.6 Å². The van der Waals surface area contributed by atoms with Crippen LogP contribution >= 0.6 is 0 Å². The van der Waals surface area contributed by atoms with Crippen molar-refractivity contribution in [2.75, 3.05) is 6.61 Å². The third kappa shape index (κ3) is 4.02. The zero-order chi connectivity index (χ0) is 19.7. The summed E-state index contributed by atoms with van der Waals surface area (Å²) in [5.41, 5.74) is 0.378. The molecule has 0 amide bonds. The van der Waals surface area contributed by atoms with Crippen molar-refractivity contribution >= 4 is 18.6 Å². The summed E-state index contributed by atoms with van der Waals surface area (Å²) in [6.45, 7) is 10.2. The molecule has 0 N–H and O–H groups in total. The fraction of sp³-hybridized carbons (Fsp3) is 0.381. The number of esters is 1. The third-order valence-corrected chi connectivity index (χ3v) is 5.00. The van der Waals surface area contributed by atoms with Crippen molar-refractivity contribution in [1.82, 2.24) is 0 Å². The van der Waals surface area contributed by atoms with E-state index in [1.165, 1.54) is 0 Å². The summed E-state index contributed by atoms with van der Waals surface area (Å²) >= 11 is 0. The van der Waals surface area contributed by atoms with Gasteiger partial charge in [-0.05, 0) is 58.9 Å². The van der Waals surface area contributed by atoms with Crippen LogP contribution < -0.4 is 10.2 Å². The Hall–Kier alpha value is -2.31. The van der Waals surface area contributed by atoms with E-state index in [0.717, 1.165) is 5.46 Å². The molecule has 142 valence electrons. The van der Waals surface area contributed by atoms with Crippen LogP contribution in [0.1, 0.15) is 45.0 Å². The summed E-state index contributed by atoms with van der Waals surface area (Å²) in [7, 11) is -0.528. The van der Waals surface area contributed by atoms with E-state index in [0.29, 0.717) is 23.7 Å². The first-order valence-corrected chi connectivity index (χ1v) is 9.13. The summed E-state index contributed by atoms with van der Waals surface area (Å²) < 4.78 is 23.4. The van der Waals surface area contributed by atoms with Crippen LogP contribution in [0.15, 0.2) is 48.5 Å². The molecule has 0 aliphatic carbocycles. The van der Waals surface area contributed by atoms with Gasteiger partial charge in [-0.2, -0.15) is 0 Å². The molecule has 0 spiro atoms. The molecule has 1 heterocycles. The summed E-state index contributed by atoms with van der Waals surface area (Å²) in [6.07, 6.45) is 0. The number of hydrogen-bond donors (Lipinski definition) is 0. The van der Waals surface area contributed by atoms with Crippen LogP contribution in [-0.4, -0.2) is 30.9 Å². The molecule has 0 saturated carbocycles. The number of ether oxygens (including phenoxy) is 2. The SMILES string of the molecule is CCOC(=O)c1cccc(Oc2ccccc2B2OC(C)(C)C(C)(C)O2)c1. The van der Waals surface area contributed by atoms with E-state index in [1.807, 2.05) is 52.0 Å². The first kappa shape index (κ1) is 19.5. The molecule has 1 saturated heterocycles. The monoisotopic (exact) mass is 368 g/mol. The smallest absolute Gasteiger partial charge is 0.462 e. The molecule has 0 radical (unpaired) electrons. The van der Waals surface area contributed by atoms with Gasteiger partial charge in [0.2, 0.25) is 0 Å². The van der Waals surface area contributed by atoms with E-state index in [-0.39, 0.29) is 5.97 Å².